The molecule has 0 aliphatic carbocycles. The van der Waals surface area contributed by atoms with Crippen molar-refractivity contribution in [3.63, 3.8) is 0 Å². The van der Waals surface area contributed by atoms with E-state index in [1.807, 2.05) is 13.8 Å². The zero-order valence-corrected chi connectivity index (χ0v) is 11.2. The van der Waals surface area contributed by atoms with Crippen LogP contribution in [0.4, 0.5) is 0 Å². The second-order valence-electron chi connectivity index (χ2n) is 4.92. The van der Waals surface area contributed by atoms with E-state index in [0.717, 1.165) is 0 Å². The monoisotopic (exact) mass is 268 g/mol. The van der Waals surface area contributed by atoms with E-state index in [0.29, 0.717) is 12.0 Å². The summed E-state index contributed by atoms with van der Waals surface area (Å²) in [6.45, 7) is 3.95. The zero-order valence-electron chi connectivity index (χ0n) is 11.2. The fourth-order valence-electron chi connectivity index (χ4n) is 1.57. The first-order valence-corrected chi connectivity index (χ1v) is 6.17. The minimum atomic E-state index is -0.444. The highest BCUT2D eigenvalue weighted by Gasteiger charge is 2.19. The number of furan rings is 1. The van der Waals surface area contributed by atoms with Gasteiger partial charge in [-0.05, 0) is 26.3 Å². The number of nitrogens with one attached hydrogen (secondary N) is 2. The Bertz CT molecular complexity index is 412. The third kappa shape index (κ3) is 5.56. The van der Waals surface area contributed by atoms with Crippen molar-refractivity contribution in [2.45, 2.75) is 32.2 Å². The van der Waals surface area contributed by atoms with Gasteiger partial charge in [0.05, 0.1) is 11.8 Å². The molecule has 106 valence electrons. The second kappa shape index (κ2) is 6.94. The number of carbonyl (C=O) groups is 2. The Kier molecular flexibility index (Phi) is 5.57. The molecule has 0 radical (unpaired) electrons. The van der Waals surface area contributed by atoms with E-state index >= 15 is 0 Å². The number of rotatable bonds is 7. The standard InChI is InChI=1S/C13H20N2O4/c1-13(2,5-7-16)15-11(17)3-6-14-12(18)10-4-8-19-9-10/h4,8-9,16H,3,5-7H2,1-2H3,(H,14,18)(H,15,17). The molecule has 1 heterocycles. The Balaban J connectivity index is 2.26. The molecular formula is C13H20N2O4. The van der Waals surface area contributed by atoms with E-state index < -0.39 is 5.54 Å². The van der Waals surface area contributed by atoms with E-state index in [1.165, 1.54) is 12.5 Å². The lowest BCUT2D eigenvalue weighted by Gasteiger charge is -2.25. The van der Waals surface area contributed by atoms with Gasteiger partial charge < -0.3 is 20.2 Å². The summed E-state index contributed by atoms with van der Waals surface area (Å²) in [5, 5.41) is 14.3. The molecule has 0 aromatic carbocycles. The van der Waals surface area contributed by atoms with Crippen LogP contribution in [0.1, 0.15) is 37.0 Å². The molecule has 1 aromatic heterocycles. The Morgan fingerprint density at radius 1 is 1.42 bits per heavy atom. The summed E-state index contributed by atoms with van der Waals surface area (Å²) < 4.78 is 4.79. The fourth-order valence-corrected chi connectivity index (χ4v) is 1.57. The van der Waals surface area contributed by atoms with Crippen LogP contribution in [0.2, 0.25) is 0 Å². The first kappa shape index (κ1) is 15.2. The lowest BCUT2D eigenvalue weighted by Crippen LogP contribution is -2.45. The average molecular weight is 268 g/mol. The molecule has 6 nitrogen and oxygen atoms in total. The van der Waals surface area contributed by atoms with Gasteiger partial charge in [0.1, 0.15) is 6.26 Å². The van der Waals surface area contributed by atoms with E-state index in [1.54, 1.807) is 6.07 Å². The van der Waals surface area contributed by atoms with Crippen molar-refractivity contribution in [3.8, 4) is 0 Å². The number of aliphatic hydroxyl groups excluding tert-OH is 1. The highest BCUT2D eigenvalue weighted by atomic mass is 16.3. The molecule has 1 aromatic rings. The Morgan fingerprint density at radius 3 is 2.74 bits per heavy atom. The van der Waals surface area contributed by atoms with Gasteiger partial charge in [0.15, 0.2) is 0 Å². The smallest absolute Gasteiger partial charge is 0.254 e. The van der Waals surface area contributed by atoms with Gasteiger partial charge in [-0.25, -0.2) is 0 Å². The number of amides is 2. The fraction of sp³-hybridized carbons (Fsp3) is 0.538. The lowest BCUT2D eigenvalue weighted by molar-refractivity contribution is -0.122. The summed E-state index contributed by atoms with van der Waals surface area (Å²) in [7, 11) is 0. The third-order valence-corrected chi connectivity index (χ3v) is 2.64. The predicted molar refractivity (Wildman–Crippen MR) is 69.6 cm³/mol. The van der Waals surface area contributed by atoms with Gasteiger partial charge in [-0.15, -0.1) is 0 Å². The number of hydrogen-bond acceptors (Lipinski definition) is 4. The van der Waals surface area contributed by atoms with Crippen molar-refractivity contribution in [1.29, 1.82) is 0 Å². The van der Waals surface area contributed by atoms with Gasteiger partial charge in [0.25, 0.3) is 5.91 Å². The zero-order chi connectivity index (χ0) is 14.3. The topological polar surface area (TPSA) is 91.6 Å². The number of hydrogen-bond donors (Lipinski definition) is 3. The van der Waals surface area contributed by atoms with Crippen molar-refractivity contribution < 1.29 is 19.1 Å². The van der Waals surface area contributed by atoms with E-state index in [4.69, 9.17) is 9.52 Å². The van der Waals surface area contributed by atoms with Crippen LogP contribution in [0.3, 0.4) is 0 Å². The molecule has 0 aliphatic heterocycles. The SMILES string of the molecule is CC(C)(CCO)NC(=O)CCNC(=O)c1ccoc1. The molecule has 0 fully saturated rings. The van der Waals surface area contributed by atoms with Crippen LogP contribution in [-0.2, 0) is 4.79 Å². The largest absolute Gasteiger partial charge is 0.472 e. The van der Waals surface area contributed by atoms with Gasteiger partial charge in [-0.3, -0.25) is 9.59 Å². The van der Waals surface area contributed by atoms with E-state index in [2.05, 4.69) is 10.6 Å². The molecule has 2 amide bonds. The van der Waals surface area contributed by atoms with Gasteiger partial charge in [-0.2, -0.15) is 0 Å². The summed E-state index contributed by atoms with van der Waals surface area (Å²) in [5.74, 6) is -0.429. The maximum atomic E-state index is 11.6. The Hall–Kier alpha value is -1.82. The molecule has 6 heteroatoms. The first-order valence-electron chi connectivity index (χ1n) is 6.17. The molecule has 3 N–H and O–H groups in total. The summed E-state index contributed by atoms with van der Waals surface area (Å²) in [5.41, 5.74) is -0.0125. The number of carbonyl (C=O) groups excluding carboxylic acids is 2. The van der Waals surface area contributed by atoms with Crippen molar-refractivity contribution in [2.24, 2.45) is 0 Å². The minimum Gasteiger partial charge on any atom is -0.472 e. The molecule has 0 aliphatic rings. The van der Waals surface area contributed by atoms with Crippen molar-refractivity contribution in [3.05, 3.63) is 24.2 Å². The van der Waals surface area contributed by atoms with E-state index in [-0.39, 0.29) is 31.4 Å². The average Bonchev–Trinajstić information content (AvgIpc) is 2.81. The van der Waals surface area contributed by atoms with Crippen LogP contribution >= 0.6 is 0 Å². The molecule has 0 saturated carbocycles. The Labute approximate surface area is 112 Å². The quantitative estimate of drug-likeness (QED) is 0.678. The van der Waals surface area contributed by atoms with Crippen LogP contribution in [0.15, 0.2) is 23.0 Å². The van der Waals surface area contributed by atoms with Gasteiger partial charge >= 0.3 is 0 Å². The molecular weight excluding hydrogens is 248 g/mol. The molecule has 0 spiro atoms. The van der Waals surface area contributed by atoms with Crippen molar-refractivity contribution >= 4 is 11.8 Å². The second-order valence-corrected chi connectivity index (χ2v) is 4.92. The molecule has 0 saturated heterocycles. The van der Waals surface area contributed by atoms with Crippen LogP contribution in [0.25, 0.3) is 0 Å². The maximum Gasteiger partial charge on any atom is 0.254 e. The summed E-state index contributed by atoms with van der Waals surface area (Å²) in [6, 6.07) is 1.56. The number of aliphatic hydroxyl groups is 1. The third-order valence-electron chi connectivity index (χ3n) is 2.64. The molecule has 0 atom stereocenters. The first-order chi connectivity index (χ1) is 8.94. The van der Waals surface area contributed by atoms with Crippen molar-refractivity contribution in [1.82, 2.24) is 10.6 Å². The summed E-state index contributed by atoms with van der Waals surface area (Å²) in [6.07, 6.45) is 3.44. The van der Waals surface area contributed by atoms with Crippen LogP contribution in [-0.4, -0.2) is 35.6 Å². The predicted octanol–water partition coefficient (Wildman–Crippen LogP) is 0.677. The summed E-state index contributed by atoms with van der Waals surface area (Å²) in [4.78, 5) is 23.2. The highest BCUT2D eigenvalue weighted by Crippen LogP contribution is 2.07. The Morgan fingerprint density at radius 2 is 2.16 bits per heavy atom. The summed E-state index contributed by atoms with van der Waals surface area (Å²) >= 11 is 0. The molecule has 1 rings (SSSR count). The normalized spacial score (nSPS) is 11.1. The lowest BCUT2D eigenvalue weighted by atomic mass is 10.0. The minimum absolute atomic E-state index is 0.0184. The maximum absolute atomic E-state index is 11.6. The van der Waals surface area contributed by atoms with Crippen LogP contribution in [0.5, 0.6) is 0 Å². The van der Waals surface area contributed by atoms with Crippen molar-refractivity contribution in [2.75, 3.05) is 13.2 Å². The van der Waals surface area contributed by atoms with Crippen LogP contribution < -0.4 is 10.6 Å². The van der Waals surface area contributed by atoms with E-state index in [9.17, 15) is 9.59 Å². The van der Waals surface area contributed by atoms with Crippen LogP contribution in [0, 0.1) is 0 Å². The molecule has 0 unspecified atom stereocenters. The van der Waals surface area contributed by atoms with Gasteiger partial charge in [0, 0.05) is 25.1 Å². The van der Waals surface area contributed by atoms with Gasteiger partial charge in [0.2, 0.25) is 5.91 Å². The molecule has 19 heavy (non-hydrogen) atoms. The van der Waals surface area contributed by atoms with Gasteiger partial charge in [-0.1, -0.05) is 0 Å². The highest BCUT2D eigenvalue weighted by molar-refractivity contribution is 5.94. The molecule has 0 bridgehead atoms.